The SMILES string of the molecule is O=C(O)CCCCC(CO)Cc1ccc(OCCCc2ccccc2)cc1. The van der Waals surface area contributed by atoms with Gasteiger partial charge < -0.3 is 14.9 Å². The van der Waals surface area contributed by atoms with Crippen molar-refractivity contribution in [3.63, 3.8) is 0 Å². The third-order valence-electron chi connectivity index (χ3n) is 4.68. The monoisotopic (exact) mass is 370 g/mol. The molecule has 0 amide bonds. The van der Waals surface area contributed by atoms with Crippen LogP contribution in [0, 0.1) is 5.92 Å². The van der Waals surface area contributed by atoms with Gasteiger partial charge in [0, 0.05) is 13.0 Å². The van der Waals surface area contributed by atoms with E-state index in [1.807, 2.05) is 30.3 Å². The molecule has 0 aliphatic carbocycles. The molecule has 2 rings (SSSR count). The first-order chi connectivity index (χ1) is 13.2. The number of ether oxygens (including phenoxy) is 1. The second-order valence-electron chi connectivity index (χ2n) is 6.97. The van der Waals surface area contributed by atoms with E-state index in [0.717, 1.165) is 37.9 Å². The number of carboxylic acids is 1. The lowest BCUT2D eigenvalue weighted by atomic mass is 9.94. The summed E-state index contributed by atoms with van der Waals surface area (Å²) in [6.45, 7) is 0.821. The van der Waals surface area contributed by atoms with Crippen molar-refractivity contribution in [2.24, 2.45) is 5.92 Å². The lowest BCUT2D eigenvalue weighted by Crippen LogP contribution is -2.10. The van der Waals surface area contributed by atoms with Crippen molar-refractivity contribution in [3.8, 4) is 5.75 Å². The largest absolute Gasteiger partial charge is 0.494 e. The van der Waals surface area contributed by atoms with Crippen LogP contribution in [-0.2, 0) is 17.6 Å². The van der Waals surface area contributed by atoms with Gasteiger partial charge in [-0.15, -0.1) is 0 Å². The van der Waals surface area contributed by atoms with Gasteiger partial charge in [0.05, 0.1) is 6.61 Å². The number of carboxylic acid groups (broad SMARTS) is 1. The molecule has 0 aliphatic heterocycles. The van der Waals surface area contributed by atoms with Crippen LogP contribution in [0.15, 0.2) is 54.6 Å². The van der Waals surface area contributed by atoms with Gasteiger partial charge in [-0.3, -0.25) is 4.79 Å². The number of hydrogen-bond donors (Lipinski definition) is 2. The second-order valence-corrected chi connectivity index (χ2v) is 6.97. The first-order valence-corrected chi connectivity index (χ1v) is 9.75. The summed E-state index contributed by atoms with van der Waals surface area (Å²) in [5, 5.41) is 18.2. The molecule has 1 unspecified atom stereocenters. The number of rotatable bonds is 13. The zero-order valence-electron chi connectivity index (χ0n) is 15.8. The van der Waals surface area contributed by atoms with E-state index in [1.165, 1.54) is 11.1 Å². The van der Waals surface area contributed by atoms with Gasteiger partial charge in [0.15, 0.2) is 0 Å². The highest BCUT2D eigenvalue weighted by Crippen LogP contribution is 2.19. The fourth-order valence-corrected chi connectivity index (χ4v) is 3.13. The van der Waals surface area contributed by atoms with Crippen LogP contribution in [0.25, 0.3) is 0 Å². The molecule has 1 atom stereocenters. The predicted molar refractivity (Wildman–Crippen MR) is 107 cm³/mol. The number of hydrogen-bond acceptors (Lipinski definition) is 3. The Morgan fingerprint density at radius 2 is 1.67 bits per heavy atom. The second kappa shape index (κ2) is 12.1. The minimum absolute atomic E-state index is 0.130. The van der Waals surface area contributed by atoms with E-state index in [9.17, 15) is 9.90 Å². The van der Waals surface area contributed by atoms with Gasteiger partial charge in [-0.1, -0.05) is 48.9 Å². The van der Waals surface area contributed by atoms with Crippen molar-refractivity contribution in [2.45, 2.75) is 44.9 Å². The molecule has 0 aliphatic rings. The van der Waals surface area contributed by atoms with E-state index in [0.29, 0.717) is 13.0 Å². The minimum Gasteiger partial charge on any atom is -0.494 e. The first-order valence-electron chi connectivity index (χ1n) is 9.75. The van der Waals surface area contributed by atoms with Crippen LogP contribution in [0.2, 0.25) is 0 Å². The molecule has 0 bridgehead atoms. The van der Waals surface area contributed by atoms with Crippen LogP contribution >= 0.6 is 0 Å². The number of aliphatic hydroxyl groups is 1. The van der Waals surface area contributed by atoms with Crippen LogP contribution in [-0.4, -0.2) is 29.4 Å². The molecule has 146 valence electrons. The highest BCUT2D eigenvalue weighted by molar-refractivity contribution is 5.66. The molecular formula is C23H30O4. The third kappa shape index (κ3) is 8.74. The number of aliphatic hydroxyl groups excluding tert-OH is 1. The van der Waals surface area contributed by atoms with Crippen LogP contribution < -0.4 is 4.74 Å². The third-order valence-corrected chi connectivity index (χ3v) is 4.68. The smallest absolute Gasteiger partial charge is 0.303 e. The van der Waals surface area contributed by atoms with E-state index >= 15 is 0 Å². The Bertz CT molecular complexity index is 652. The first kappa shape index (κ1) is 21.0. The van der Waals surface area contributed by atoms with Gasteiger partial charge in [-0.25, -0.2) is 0 Å². The van der Waals surface area contributed by atoms with E-state index in [4.69, 9.17) is 9.84 Å². The van der Waals surface area contributed by atoms with Crippen molar-refractivity contribution in [1.29, 1.82) is 0 Å². The maximum Gasteiger partial charge on any atom is 0.303 e. The minimum atomic E-state index is -0.755. The molecule has 0 aromatic heterocycles. The Hall–Kier alpha value is -2.33. The number of aryl methyl sites for hydroxylation is 1. The highest BCUT2D eigenvalue weighted by atomic mass is 16.5. The van der Waals surface area contributed by atoms with Crippen LogP contribution in [0.5, 0.6) is 5.75 Å². The standard InChI is InChI=1S/C23H30O4/c24-18-21(9-4-5-11-23(25)26)17-20-12-14-22(15-13-20)27-16-6-10-19-7-2-1-3-8-19/h1-3,7-8,12-15,21,24H,4-6,9-11,16-18H2,(H,25,26). The van der Waals surface area contributed by atoms with E-state index in [-0.39, 0.29) is 18.9 Å². The average molecular weight is 370 g/mol. The van der Waals surface area contributed by atoms with Crippen LogP contribution in [0.3, 0.4) is 0 Å². The normalized spacial score (nSPS) is 11.9. The van der Waals surface area contributed by atoms with Gasteiger partial charge in [-0.05, 0) is 61.3 Å². The Morgan fingerprint density at radius 3 is 2.33 bits per heavy atom. The van der Waals surface area contributed by atoms with E-state index in [1.54, 1.807) is 0 Å². The maximum atomic E-state index is 10.5. The Labute approximate surface area is 161 Å². The summed E-state index contributed by atoms with van der Waals surface area (Å²) in [5.74, 6) is 0.292. The topological polar surface area (TPSA) is 66.8 Å². The average Bonchev–Trinajstić information content (AvgIpc) is 2.69. The Kier molecular flexibility index (Phi) is 9.42. The fourth-order valence-electron chi connectivity index (χ4n) is 3.13. The van der Waals surface area contributed by atoms with Gasteiger partial charge in [-0.2, -0.15) is 0 Å². The van der Waals surface area contributed by atoms with E-state index in [2.05, 4.69) is 24.3 Å². The molecule has 2 N–H and O–H groups in total. The number of carbonyl (C=O) groups is 1. The predicted octanol–water partition coefficient (Wildman–Crippen LogP) is 4.49. The number of aliphatic carboxylic acids is 1. The quantitative estimate of drug-likeness (QED) is 0.510. The zero-order valence-corrected chi connectivity index (χ0v) is 15.8. The number of benzene rings is 2. The summed E-state index contributed by atoms with van der Waals surface area (Å²) < 4.78 is 5.81. The van der Waals surface area contributed by atoms with Gasteiger partial charge in [0.1, 0.15) is 5.75 Å². The summed E-state index contributed by atoms with van der Waals surface area (Å²) in [6, 6.07) is 18.5. The molecule has 0 saturated heterocycles. The molecule has 4 nitrogen and oxygen atoms in total. The molecular weight excluding hydrogens is 340 g/mol. The molecule has 4 heteroatoms. The van der Waals surface area contributed by atoms with Crippen molar-refractivity contribution in [3.05, 3.63) is 65.7 Å². The Balaban J connectivity index is 1.67. The lowest BCUT2D eigenvalue weighted by Gasteiger charge is -2.14. The highest BCUT2D eigenvalue weighted by Gasteiger charge is 2.09. The molecule has 2 aromatic rings. The lowest BCUT2D eigenvalue weighted by molar-refractivity contribution is -0.137. The molecule has 0 fully saturated rings. The summed E-state index contributed by atoms with van der Waals surface area (Å²) in [7, 11) is 0. The molecule has 0 spiro atoms. The van der Waals surface area contributed by atoms with Crippen molar-refractivity contribution < 1.29 is 19.7 Å². The van der Waals surface area contributed by atoms with Crippen molar-refractivity contribution >= 4 is 5.97 Å². The van der Waals surface area contributed by atoms with Crippen LogP contribution in [0.1, 0.15) is 43.2 Å². The summed E-state index contributed by atoms with van der Waals surface area (Å²) >= 11 is 0. The van der Waals surface area contributed by atoms with Gasteiger partial charge in [0.25, 0.3) is 0 Å². The summed E-state index contributed by atoms with van der Waals surface area (Å²) in [4.78, 5) is 10.5. The Morgan fingerprint density at radius 1 is 0.926 bits per heavy atom. The molecule has 27 heavy (non-hydrogen) atoms. The fraction of sp³-hybridized carbons (Fsp3) is 0.435. The van der Waals surface area contributed by atoms with E-state index < -0.39 is 5.97 Å². The van der Waals surface area contributed by atoms with Gasteiger partial charge in [0.2, 0.25) is 0 Å². The van der Waals surface area contributed by atoms with Crippen LogP contribution in [0.4, 0.5) is 0 Å². The number of unbranched alkanes of at least 4 members (excludes halogenated alkanes) is 1. The summed E-state index contributed by atoms with van der Waals surface area (Å²) in [5.41, 5.74) is 2.50. The molecule has 0 saturated carbocycles. The molecule has 0 radical (unpaired) electrons. The summed E-state index contributed by atoms with van der Waals surface area (Å²) in [6.07, 6.45) is 5.35. The van der Waals surface area contributed by atoms with Gasteiger partial charge >= 0.3 is 5.97 Å². The molecule has 2 aromatic carbocycles. The maximum absolute atomic E-state index is 10.5. The molecule has 0 heterocycles. The van der Waals surface area contributed by atoms with Crippen molar-refractivity contribution in [2.75, 3.05) is 13.2 Å². The van der Waals surface area contributed by atoms with Crippen molar-refractivity contribution in [1.82, 2.24) is 0 Å². The zero-order chi connectivity index (χ0) is 19.3.